The predicted molar refractivity (Wildman–Crippen MR) is 78.6 cm³/mol. The third-order valence-corrected chi connectivity index (χ3v) is 3.37. The summed E-state index contributed by atoms with van der Waals surface area (Å²) in [6, 6.07) is 11.1. The average molecular weight is 268 g/mol. The molecule has 0 radical (unpaired) electrons. The highest BCUT2D eigenvalue weighted by Gasteiger charge is 2.10. The summed E-state index contributed by atoms with van der Waals surface area (Å²) in [6.45, 7) is 3.84. The molecular formula is C15H16N4O. The van der Waals surface area contributed by atoms with E-state index in [2.05, 4.69) is 10.1 Å². The van der Waals surface area contributed by atoms with E-state index in [9.17, 15) is 4.79 Å². The second kappa shape index (κ2) is 4.61. The van der Waals surface area contributed by atoms with Gasteiger partial charge in [0, 0.05) is 23.7 Å². The van der Waals surface area contributed by atoms with Gasteiger partial charge in [-0.15, -0.1) is 0 Å². The number of rotatable bonds is 2. The van der Waals surface area contributed by atoms with E-state index >= 15 is 0 Å². The molecule has 0 bridgehead atoms. The largest absolute Gasteiger partial charge is 0.323 e. The highest BCUT2D eigenvalue weighted by molar-refractivity contribution is 5.67. The van der Waals surface area contributed by atoms with Gasteiger partial charge in [-0.3, -0.25) is 9.89 Å². The quantitative estimate of drug-likeness (QED) is 0.746. The van der Waals surface area contributed by atoms with Gasteiger partial charge in [0.05, 0.1) is 11.4 Å². The van der Waals surface area contributed by atoms with E-state index in [0.29, 0.717) is 11.3 Å². The van der Waals surface area contributed by atoms with Gasteiger partial charge in [0.1, 0.15) is 0 Å². The summed E-state index contributed by atoms with van der Waals surface area (Å²) in [5.41, 5.74) is 9.90. The van der Waals surface area contributed by atoms with Crippen molar-refractivity contribution in [1.82, 2.24) is 14.6 Å². The van der Waals surface area contributed by atoms with Crippen LogP contribution in [-0.2, 0) is 0 Å². The zero-order chi connectivity index (χ0) is 14.3. The zero-order valence-electron chi connectivity index (χ0n) is 11.4. The Labute approximate surface area is 116 Å². The van der Waals surface area contributed by atoms with E-state index in [1.54, 1.807) is 0 Å². The Morgan fingerprint density at radius 1 is 1.30 bits per heavy atom. The van der Waals surface area contributed by atoms with Gasteiger partial charge in [-0.05, 0) is 19.4 Å². The summed E-state index contributed by atoms with van der Waals surface area (Å²) in [5, 5.41) is 3.09. The van der Waals surface area contributed by atoms with Crippen LogP contribution < -0.4 is 11.3 Å². The third-order valence-electron chi connectivity index (χ3n) is 3.37. The summed E-state index contributed by atoms with van der Waals surface area (Å²) in [7, 11) is 0. The number of nitrogens with two attached hydrogens (primary N) is 1. The molecule has 3 rings (SSSR count). The van der Waals surface area contributed by atoms with Crippen LogP contribution in [0.15, 0.2) is 41.2 Å². The van der Waals surface area contributed by atoms with Gasteiger partial charge < -0.3 is 5.73 Å². The van der Waals surface area contributed by atoms with E-state index < -0.39 is 0 Å². The zero-order valence-corrected chi connectivity index (χ0v) is 11.4. The van der Waals surface area contributed by atoms with Crippen molar-refractivity contribution in [3.8, 4) is 11.3 Å². The molecule has 2 heterocycles. The monoisotopic (exact) mass is 268 g/mol. The molecule has 5 nitrogen and oxygen atoms in total. The maximum Gasteiger partial charge on any atom is 0.272 e. The maximum absolute atomic E-state index is 12.1. The van der Waals surface area contributed by atoms with Gasteiger partial charge in [-0.2, -0.15) is 0 Å². The summed E-state index contributed by atoms with van der Waals surface area (Å²) >= 11 is 0. The van der Waals surface area contributed by atoms with E-state index in [-0.39, 0.29) is 11.6 Å². The molecule has 102 valence electrons. The Hall–Kier alpha value is -2.40. The third kappa shape index (κ3) is 2.02. The van der Waals surface area contributed by atoms with Gasteiger partial charge in [-0.25, -0.2) is 9.50 Å². The van der Waals surface area contributed by atoms with Gasteiger partial charge in [-0.1, -0.05) is 24.3 Å². The molecule has 1 aromatic carbocycles. The lowest BCUT2D eigenvalue weighted by Crippen LogP contribution is -2.18. The number of aromatic amines is 1. The van der Waals surface area contributed by atoms with Crippen LogP contribution in [0.4, 0.5) is 0 Å². The molecule has 0 saturated carbocycles. The molecule has 1 atom stereocenters. The molecule has 0 saturated heterocycles. The van der Waals surface area contributed by atoms with Crippen LogP contribution in [0, 0.1) is 6.92 Å². The molecule has 2 aromatic heterocycles. The molecule has 0 amide bonds. The molecule has 0 aliphatic heterocycles. The van der Waals surface area contributed by atoms with Crippen LogP contribution >= 0.6 is 0 Å². The van der Waals surface area contributed by atoms with Crippen molar-refractivity contribution in [2.45, 2.75) is 19.9 Å². The lowest BCUT2D eigenvalue weighted by Gasteiger charge is -2.03. The Bertz CT molecular complexity index is 829. The fourth-order valence-corrected chi connectivity index (χ4v) is 2.26. The number of nitrogens with one attached hydrogen (secondary N) is 1. The Morgan fingerprint density at radius 2 is 2.05 bits per heavy atom. The minimum Gasteiger partial charge on any atom is -0.323 e. The van der Waals surface area contributed by atoms with E-state index in [4.69, 9.17) is 5.73 Å². The minimum absolute atomic E-state index is 0.151. The first-order valence-electron chi connectivity index (χ1n) is 6.50. The van der Waals surface area contributed by atoms with Gasteiger partial charge in [0.25, 0.3) is 5.56 Å². The van der Waals surface area contributed by atoms with Crippen LogP contribution in [0.3, 0.4) is 0 Å². The lowest BCUT2D eigenvalue weighted by atomic mass is 10.1. The Balaban J connectivity index is 2.24. The fraction of sp³-hybridized carbons (Fsp3) is 0.200. The van der Waals surface area contributed by atoms with E-state index in [1.807, 2.05) is 44.2 Å². The van der Waals surface area contributed by atoms with Crippen LogP contribution in [0.1, 0.15) is 24.2 Å². The first-order chi connectivity index (χ1) is 9.56. The summed E-state index contributed by atoms with van der Waals surface area (Å²) in [5.74, 6) is 0. The lowest BCUT2D eigenvalue weighted by molar-refractivity contribution is 0.765. The molecule has 0 aliphatic rings. The summed E-state index contributed by atoms with van der Waals surface area (Å²) in [6.07, 6.45) is 0. The number of hydrogen-bond donors (Lipinski definition) is 2. The minimum atomic E-state index is -0.260. The van der Waals surface area contributed by atoms with Crippen LogP contribution in [0.5, 0.6) is 0 Å². The van der Waals surface area contributed by atoms with Gasteiger partial charge in [0.2, 0.25) is 0 Å². The van der Waals surface area contributed by atoms with Crippen LogP contribution in [0.2, 0.25) is 0 Å². The van der Waals surface area contributed by atoms with Crippen molar-refractivity contribution in [2.24, 2.45) is 5.73 Å². The molecule has 0 spiro atoms. The normalized spacial score (nSPS) is 12.8. The van der Waals surface area contributed by atoms with E-state index in [1.165, 1.54) is 10.6 Å². The van der Waals surface area contributed by atoms with Gasteiger partial charge >= 0.3 is 0 Å². The molecular weight excluding hydrogens is 252 g/mol. The number of aromatic nitrogens is 3. The van der Waals surface area contributed by atoms with Crippen molar-refractivity contribution in [3.63, 3.8) is 0 Å². The van der Waals surface area contributed by atoms with Crippen LogP contribution in [-0.4, -0.2) is 14.6 Å². The number of fused-ring (bicyclic) bond motifs is 1. The second-order valence-electron chi connectivity index (χ2n) is 4.99. The van der Waals surface area contributed by atoms with Crippen molar-refractivity contribution in [3.05, 3.63) is 58.0 Å². The molecule has 3 N–H and O–H groups in total. The molecule has 1 unspecified atom stereocenters. The second-order valence-corrected chi connectivity index (χ2v) is 4.99. The molecule has 0 fully saturated rings. The van der Waals surface area contributed by atoms with Crippen molar-refractivity contribution in [1.29, 1.82) is 0 Å². The molecule has 0 aliphatic carbocycles. The highest BCUT2D eigenvalue weighted by Crippen LogP contribution is 2.22. The highest BCUT2D eigenvalue weighted by atomic mass is 16.1. The predicted octanol–water partition coefficient (Wildman–Crippen LogP) is 2.02. The first-order valence-corrected chi connectivity index (χ1v) is 6.50. The molecule has 20 heavy (non-hydrogen) atoms. The van der Waals surface area contributed by atoms with Crippen molar-refractivity contribution >= 4 is 5.65 Å². The summed E-state index contributed by atoms with van der Waals surface area (Å²) in [4.78, 5) is 16.5. The van der Waals surface area contributed by atoms with Crippen LogP contribution in [0.25, 0.3) is 16.9 Å². The standard InChI is InChI=1S/C15H16N4O/c1-9-5-3-4-6-11(9)13-7-14-17-12(10(2)16)8-15(20)19(14)18-13/h3-8,10,18H,16H2,1-2H3. The Morgan fingerprint density at radius 3 is 2.75 bits per heavy atom. The average Bonchev–Trinajstić information content (AvgIpc) is 2.83. The van der Waals surface area contributed by atoms with E-state index in [0.717, 1.165) is 16.8 Å². The Kier molecular flexibility index (Phi) is 2.91. The number of aryl methyl sites for hydroxylation is 1. The number of H-pyrrole nitrogens is 1. The number of hydrogen-bond acceptors (Lipinski definition) is 3. The summed E-state index contributed by atoms with van der Waals surface area (Å²) < 4.78 is 1.44. The fourth-order valence-electron chi connectivity index (χ4n) is 2.26. The topological polar surface area (TPSA) is 76.2 Å². The maximum atomic E-state index is 12.1. The first kappa shape index (κ1) is 12.6. The van der Waals surface area contributed by atoms with Crippen molar-refractivity contribution in [2.75, 3.05) is 0 Å². The molecule has 3 aromatic rings. The van der Waals surface area contributed by atoms with Crippen molar-refractivity contribution < 1.29 is 0 Å². The number of nitrogens with zero attached hydrogens (tertiary/aromatic N) is 2. The van der Waals surface area contributed by atoms with Gasteiger partial charge in [0.15, 0.2) is 5.65 Å². The smallest absolute Gasteiger partial charge is 0.272 e. The molecule has 5 heteroatoms. The SMILES string of the molecule is Cc1ccccc1-c1cc2nc(C(C)N)cc(=O)n2[nH]1. The number of benzene rings is 1.